The number of piperidine rings is 2. The van der Waals surface area contributed by atoms with Gasteiger partial charge < -0.3 is 19.3 Å². The molecule has 3 aromatic rings. The van der Waals surface area contributed by atoms with E-state index in [-0.39, 0.29) is 23.3 Å². The highest BCUT2D eigenvalue weighted by Crippen LogP contribution is 2.40. The van der Waals surface area contributed by atoms with E-state index < -0.39 is 33.4 Å². The topological polar surface area (TPSA) is 146 Å². The van der Waals surface area contributed by atoms with E-state index in [4.69, 9.17) is 9.47 Å². The van der Waals surface area contributed by atoms with E-state index >= 15 is 0 Å². The van der Waals surface area contributed by atoms with Gasteiger partial charge in [0.15, 0.2) is 11.5 Å². The van der Waals surface area contributed by atoms with Crippen LogP contribution in [0, 0.1) is 0 Å². The van der Waals surface area contributed by atoms with Gasteiger partial charge in [-0.3, -0.25) is 34.3 Å². The Morgan fingerprint density at radius 3 is 2.30 bits per heavy atom. The number of carbonyl (C=O) groups is 4. The Morgan fingerprint density at radius 1 is 0.857 bits per heavy atom. The van der Waals surface area contributed by atoms with E-state index in [2.05, 4.69) is 32.1 Å². The van der Waals surface area contributed by atoms with E-state index in [9.17, 15) is 27.6 Å². The van der Waals surface area contributed by atoms with E-state index in [0.29, 0.717) is 66.9 Å². The molecule has 4 aliphatic heterocycles. The quantitative estimate of drug-likeness (QED) is 0.253. The number of likely N-dealkylation sites (tertiary alicyclic amines) is 1. The minimum atomic E-state index is -3.62. The number of piperazine rings is 1. The third-order valence-corrected chi connectivity index (χ3v) is 12.5. The molecule has 0 saturated carbocycles. The van der Waals surface area contributed by atoms with Crippen LogP contribution in [-0.4, -0.2) is 124 Å². The standard InChI is InChI=1S/C42H51N5O8S/c1-4-55-37-26-30(11-13-36(37)54-2)35(27-56(3,52)53)47-41(50)33-9-6-10-34(39(33)42(47)51)46-23-21-45(22-24-46)31-16-19-44(20-17-31)18-15-28-7-5-8-29(25-28)32-12-14-38(48)43-40(32)49/h5-11,13,25-26,31-32,35H,4,12,14-24,27H2,1-3H3,(H,43,48,49). The van der Waals surface area contributed by atoms with Crippen molar-refractivity contribution in [1.82, 2.24) is 20.0 Å². The molecule has 56 heavy (non-hydrogen) atoms. The van der Waals surface area contributed by atoms with Crippen molar-refractivity contribution in [3.8, 4) is 11.5 Å². The molecule has 0 bridgehead atoms. The molecule has 7 rings (SSSR count). The molecule has 4 heterocycles. The third-order valence-electron chi connectivity index (χ3n) is 11.6. The van der Waals surface area contributed by atoms with Crippen LogP contribution in [0.2, 0.25) is 0 Å². The van der Waals surface area contributed by atoms with Gasteiger partial charge >= 0.3 is 0 Å². The van der Waals surface area contributed by atoms with Crippen LogP contribution in [0.3, 0.4) is 0 Å². The smallest absolute Gasteiger partial charge is 0.264 e. The van der Waals surface area contributed by atoms with Gasteiger partial charge in [0.05, 0.1) is 48.2 Å². The first-order chi connectivity index (χ1) is 26.9. The maximum atomic E-state index is 14.3. The maximum absolute atomic E-state index is 14.3. The van der Waals surface area contributed by atoms with Gasteiger partial charge in [-0.25, -0.2) is 8.42 Å². The van der Waals surface area contributed by atoms with Crippen LogP contribution in [0.5, 0.6) is 11.5 Å². The lowest BCUT2D eigenvalue weighted by molar-refractivity contribution is -0.134. The first kappa shape index (κ1) is 39.4. The van der Waals surface area contributed by atoms with Crippen LogP contribution in [0.15, 0.2) is 60.7 Å². The van der Waals surface area contributed by atoms with E-state index in [1.54, 1.807) is 30.3 Å². The largest absolute Gasteiger partial charge is 0.493 e. The Hall–Kier alpha value is -4.79. The second-order valence-electron chi connectivity index (χ2n) is 15.2. The zero-order valence-electron chi connectivity index (χ0n) is 32.4. The highest BCUT2D eigenvalue weighted by Gasteiger charge is 2.44. The monoisotopic (exact) mass is 785 g/mol. The van der Waals surface area contributed by atoms with Gasteiger partial charge in [0.1, 0.15) is 9.84 Å². The zero-order chi connectivity index (χ0) is 39.6. The molecule has 0 spiro atoms. The molecular weight excluding hydrogens is 735 g/mol. The first-order valence-corrected chi connectivity index (χ1v) is 21.6. The number of nitrogens with zero attached hydrogens (tertiary/aromatic N) is 4. The number of rotatable bonds is 13. The Kier molecular flexibility index (Phi) is 11.8. The van der Waals surface area contributed by atoms with Crippen molar-refractivity contribution in [3.63, 3.8) is 0 Å². The van der Waals surface area contributed by atoms with E-state index in [1.165, 1.54) is 12.7 Å². The summed E-state index contributed by atoms with van der Waals surface area (Å²) in [4.78, 5) is 60.6. The Morgan fingerprint density at radius 2 is 1.61 bits per heavy atom. The Labute approximate surface area is 328 Å². The number of methoxy groups -OCH3 is 1. The lowest BCUT2D eigenvalue weighted by Crippen LogP contribution is -2.53. The van der Waals surface area contributed by atoms with E-state index in [0.717, 1.165) is 68.7 Å². The lowest BCUT2D eigenvalue weighted by Gasteiger charge is -2.43. The fourth-order valence-electron chi connectivity index (χ4n) is 8.71. The molecule has 0 aromatic heterocycles. The molecule has 13 nitrogen and oxygen atoms in total. The number of amides is 4. The fraction of sp³-hybridized carbons (Fsp3) is 0.476. The molecule has 14 heteroatoms. The highest BCUT2D eigenvalue weighted by atomic mass is 32.2. The molecule has 298 valence electrons. The predicted octanol–water partition coefficient (Wildman–Crippen LogP) is 3.83. The summed E-state index contributed by atoms with van der Waals surface area (Å²) in [6.45, 7) is 8.19. The number of hydrogen-bond acceptors (Lipinski definition) is 11. The van der Waals surface area contributed by atoms with Crippen molar-refractivity contribution < 1.29 is 37.1 Å². The van der Waals surface area contributed by atoms with Gasteiger partial charge in [0.2, 0.25) is 11.8 Å². The summed E-state index contributed by atoms with van der Waals surface area (Å²) in [5.41, 5.74) is 3.93. The van der Waals surface area contributed by atoms with Gasteiger partial charge in [0.25, 0.3) is 11.8 Å². The number of anilines is 1. The normalized spacial score (nSPS) is 20.6. The Balaban J connectivity index is 0.965. The number of sulfone groups is 1. The molecule has 4 amide bonds. The number of benzene rings is 3. The van der Waals surface area contributed by atoms with Crippen LogP contribution >= 0.6 is 0 Å². The minimum Gasteiger partial charge on any atom is -0.493 e. The molecule has 2 unspecified atom stereocenters. The molecule has 1 N–H and O–H groups in total. The van der Waals surface area contributed by atoms with Gasteiger partial charge in [-0.2, -0.15) is 0 Å². The number of carbonyl (C=O) groups excluding carboxylic acids is 4. The summed E-state index contributed by atoms with van der Waals surface area (Å²) in [6, 6.07) is 17.9. The number of imide groups is 2. The van der Waals surface area contributed by atoms with Crippen molar-refractivity contribution in [3.05, 3.63) is 88.5 Å². The first-order valence-electron chi connectivity index (χ1n) is 19.6. The second-order valence-corrected chi connectivity index (χ2v) is 17.4. The lowest BCUT2D eigenvalue weighted by atomic mass is 9.89. The Bertz CT molecular complexity index is 2090. The van der Waals surface area contributed by atoms with Crippen LogP contribution < -0.4 is 19.7 Å². The van der Waals surface area contributed by atoms with Gasteiger partial charge in [-0.05, 0) is 86.7 Å². The van der Waals surface area contributed by atoms with Crippen LogP contribution in [-0.2, 0) is 25.8 Å². The predicted molar refractivity (Wildman–Crippen MR) is 212 cm³/mol. The summed E-state index contributed by atoms with van der Waals surface area (Å²) in [5, 5.41) is 2.47. The molecule has 0 aliphatic carbocycles. The van der Waals surface area contributed by atoms with Crippen LogP contribution in [0.1, 0.15) is 82.0 Å². The molecule has 2 atom stereocenters. The average Bonchev–Trinajstić information content (AvgIpc) is 3.45. The summed E-state index contributed by atoms with van der Waals surface area (Å²) in [5.74, 6) is -1.25. The summed E-state index contributed by atoms with van der Waals surface area (Å²) >= 11 is 0. The molecule has 3 fully saturated rings. The average molecular weight is 786 g/mol. The second kappa shape index (κ2) is 16.7. The van der Waals surface area contributed by atoms with Crippen molar-refractivity contribution in [2.24, 2.45) is 0 Å². The van der Waals surface area contributed by atoms with Gasteiger partial charge in [-0.1, -0.05) is 36.4 Å². The minimum absolute atomic E-state index is 0.199. The van der Waals surface area contributed by atoms with Crippen molar-refractivity contribution in [2.45, 2.75) is 57.0 Å². The molecule has 0 radical (unpaired) electrons. The third kappa shape index (κ3) is 8.47. The zero-order valence-corrected chi connectivity index (χ0v) is 33.2. The summed E-state index contributed by atoms with van der Waals surface area (Å²) in [7, 11) is -2.11. The number of nitrogens with one attached hydrogen (secondary N) is 1. The van der Waals surface area contributed by atoms with E-state index in [1.807, 2.05) is 25.1 Å². The van der Waals surface area contributed by atoms with Crippen LogP contribution in [0.25, 0.3) is 0 Å². The van der Waals surface area contributed by atoms with Gasteiger partial charge in [0, 0.05) is 51.4 Å². The number of fused-ring (bicyclic) bond motifs is 1. The SMILES string of the molecule is CCOc1cc(C(CS(C)(=O)=O)N2C(=O)c3cccc(N4CCN(C5CCN(CCc6cccc(C7CCC(=O)NC7=O)c6)CC5)CC4)c3C2=O)ccc1OC. The molecule has 3 aromatic carbocycles. The van der Waals surface area contributed by atoms with Crippen molar-refractivity contribution in [1.29, 1.82) is 0 Å². The maximum Gasteiger partial charge on any atom is 0.264 e. The molecule has 4 aliphatic rings. The molecular formula is C42H51N5O8S. The molecule has 3 saturated heterocycles. The van der Waals surface area contributed by atoms with Crippen molar-refractivity contribution >= 4 is 39.2 Å². The number of ether oxygens (including phenoxy) is 2. The highest BCUT2D eigenvalue weighted by molar-refractivity contribution is 7.90. The van der Waals surface area contributed by atoms with Gasteiger partial charge in [-0.15, -0.1) is 0 Å². The van der Waals surface area contributed by atoms with Crippen molar-refractivity contribution in [2.75, 3.05) is 76.4 Å². The summed E-state index contributed by atoms with van der Waals surface area (Å²) in [6.07, 6.45) is 5.06. The summed E-state index contributed by atoms with van der Waals surface area (Å²) < 4.78 is 36.6. The number of hydrogen-bond donors (Lipinski definition) is 1. The fourth-order valence-corrected chi connectivity index (χ4v) is 9.62. The van der Waals surface area contributed by atoms with Crippen LogP contribution in [0.4, 0.5) is 5.69 Å².